The summed E-state index contributed by atoms with van der Waals surface area (Å²) in [7, 11) is -6.60. The van der Waals surface area contributed by atoms with Crippen LogP contribution in [0.15, 0.2) is 0 Å². The van der Waals surface area contributed by atoms with Crippen LogP contribution in [-0.2, 0) is 19.2 Å². The van der Waals surface area contributed by atoms with Gasteiger partial charge in [-0.15, -0.1) is 0 Å². The zero-order valence-corrected chi connectivity index (χ0v) is 14.6. The van der Waals surface area contributed by atoms with E-state index in [2.05, 4.69) is 4.74 Å². The second-order valence-electron chi connectivity index (χ2n) is 2.53. The van der Waals surface area contributed by atoms with Gasteiger partial charge < -0.3 is 1.43 Å². The van der Waals surface area contributed by atoms with Crippen molar-refractivity contribution < 1.29 is 106 Å². The maximum atomic E-state index is 12.5. The Morgan fingerprint density at radius 3 is 1.74 bits per heavy atom. The minimum absolute atomic E-state index is 0. The maximum Gasteiger partial charge on any atom is 1.00 e. The van der Waals surface area contributed by atoms with Crippen LogP contribution in [0.3, 0.4) is 0 Å². The molecule has 0 radical (unpaired) electrons. The molecule has 112 valence electrons. The normalized spacial score (nSPS) is 15.8. The Kier molecular flexibility index (Phi) is 8.81. The van der Waals surface area contributed by atoms with Gasteiger partial charge in [0.1, 0.15) is 0 Å². The Labute approximate surface area is 158 Å². The second kappa shape index (κ2) is 7.29. The molecule has 0 saturated heterocycles. The first kappa shape index (κ1) is 22.9. The van der Waals surface area contributed by atoms with E-state index in [0.29, 0.717) is 0 Å². The molecule has 0 saturated carbocycles. The van der Waals surface area contributed by atoms with E-state index in [0.717, 1.165) is 0 Å². The molecular formula is C4H2F8IKO4S. The first-order valence-corrected chi connectivity index (χ1v) is 5.87. The first-order chi connectivity index (χ1) is 7.69. The van der Waals surface area contributed by atoms with Gasteiger partial charge in [0, 0.05) is 22.6 Å². The fraction of sp³-hybridized carbons (Fsp3) is 1.00. The van der Waals surface area contributed by atoms with Crippen LogP contribution in [-0.4, -0.2) is 30.1 Å². The summed E-state index contributed by atoms with van der Waals surface area (Å²) in [5.74, 6) is 0. The quantitative estimate of drug-likeness (QED) is 0.238. The third-order valence-electron chi connectivity index (χ3n) is 1.26. The van der Waals surface area contributed by atoms with Crippen molar-refractivity contribution in [1.82, 2.24) is 0 Å². The van der Waals surface area contributed by atoms with E-state index in [-0.39, 0.29) is 75.4 Å². The molecule has 0 amide bonds. The average molecular weight is 464 g/mol. The van der Waals surface area contributed by atoms with Gasteiger partial charge in [0.2, 0.25) is 0 Å². The minimum atomic E-state index is -6.60. The summed E-state index contributed by atoms with van der Waals surface area (Å²) in [5.41, 5.74) is 0. The largest absolute Gasteiger partial charge is 1.00 e. The van der Waals surface area contributed by atoms with Crippen molar-refractivity contribution in [3.05, 3.63) is 0 Å². The van der Waals surface area contributed by atoms with Gasteiger partial charge in [-0.3, -0.25) is 4.74 Å². The van der Waals surface area contributed by atoms with Crippen LogP contribution >= 0.6 is 22.6 Å². The van der Waals surface area contributed by atoms with E-state index in [1.54, 1.807) is 4.39 Å². The molecule has 0 spiro atoms. The van der Waals surface area contributed by atoms with E-state index in [9.17, 15) is 43.7 Å². The molecule has 1 unspecified atom stereocenters. The minimum Gasteiger partial charge on any atom is -1.00 e. The summed E-state index contributed by atoms with van der Waals surface area (Å²) in [6.07, 6.45) is -10.5. The van der Waals surface area contributed by atoms with E-state index >= 15 is 0 Å². The molecule has 0 aromatic carbocycles. The van der Waals surface area contributed by atoms with Crippen molar-refractivity contribution in [3.63, 3.8) is 0 Å². The van der Waals surface area contributed by atoms with Gasteiger partial charge in [-0.1, -0.05) is 4.39 Å². The molecule has 0 aliphatic heterocycles. The Morgan fingerprint density at radius 2 is 1.47 bits per heavy atom. The number of hydrogen-bond donors (Lipinski definition) is 0. The third-order valence-corrected chi connectivity index (χ3v) is 2.91. The second-order valence-corrected chi connectivity index (χ2v) is 5.46. The Bertz CT molecular complexity index is 402. The molecule has 0 fully saturated rings. The van der Waals surface area contributed by atoms with Crippen LogP contribution in [0.4, 0.5) is 35.3 Å². The van der Waals surface area contributed by atoms with Crippen molar-refractivity contribution in [1.29, 1.82) is 0 Å². The van der Waals surface area contributed by atoms with Gasteiger partial charge in [-0.25, -0.2) is 4.39 Å². The predicted molar refractivity (Wildman–Crippen MR) is 47.1 cm³/mol. The molecule has 19 heavy (non-hydrogen) atoms. The summed E-state index contributed by atoms with van der Waals surface area (Å²) in [4.78, 5) is 0. The van der Waals surface area contributed by atoms with Gasteiger partial charge in [0.25, 0.3) is 6.36 Å². The van der Waals surface area contributed by atoms with E-state index < -0.39 is 31.8 Å². The zero-order valence-electron chi connectivity index (χ0n) is 9.52. The summed E-state index contributed by atoms with van der Waals surface area (Å²) >= 11 is -0.264. The third kappa shape index (κ3) is 5.42. The van der Waals surface area contributed by atoms with Crippen LogP contribution < -0.4 is 51.4 Å². The molecule has 0 heterocycles. The summed E-state index contributed by atoms with van der Waals surface area (Å²) in [5, 5.41) is -5.95. The average Bonchev–Trinajstić information content (AvgIpc) is 2.14. The Morgan fingerprint density at radius 1 is 1.11 bits per heavy atom. The van der Waals surface area contributed by atoms with E-state index in [4.69, 9.17) is 0 Å². The monoisotopic (exact) mass is 464 g/mol. The SMILES string of the molecule is O=S(=O)(OF)C(F)(F)C(F)OC(F)(F)C(F)(F)I.[H-].[K+]. The Balaban J connectivity index is -0.00000144. The first-order valence-electron chi connectivity index (χ1n) is 3.38. The van der Waals surface area contributed by atoms with Crippen LogP contribution in [0.5, 0.6) is 0 Å². The van der Waals surface area contributed by atoms with Crippen LogP contribution in [0.2, 0.25) is 0 Å². The van der Waals surface area contributed by atoms with Crippen molar-refractivity contribution in [3.8, 4) is 0 Å². The fourth-order valence-corrected chi connectivity index (χ4v) is 0.907. The molecule has 15 heteroatoms. The number of rotatable bonds is 6. The van der Waals surface area contributed by atoms with Crippen LogP contribution in [0.1, 0.15) is 1.43 Å². The smallest absolute Gasteiger partial charge is 1.00 e. The molecular weight excluding hydrogens is 462 g/mol. The molecule has 4 nitrogen and oxygen atoms in total. The number of hydrogen-bond acceptors (Lipinski definition) is 4. The molecule has 0 aromatic heterocycles. The number of halogens is 9. The molecule has 0 N–H and O–H groups in total. The van der Waals surface area contributed by atoms with Crippen molar-refractivity contribution in [2.24, 2.45) is 0 Å². The number of ether oxygens (including phenoxy) is 1. The number of alkyl halides is 8. The molecule has 0 aromatic rings. The predicted octanol–water partition coefficient (Wildman–Crippen LogP) is -0.141. The molecule has 0 aliphatic rings. The van der Waals surface area contributed by atoms with Gasteiger partial charge in [-0.05, 0) is 4.53 Å². The van der Waals surface area contributed by atoms with E-state index in [1.165, 1.54) is 0 Å². The van der Waals surface area contributed by atoms with Gasteiger partial charge in [0.15, 0.2) is 0 Å². The summed E-state index contributed by atoms with van der Waals surface area (Å²) in [6.45, 7) is 0. The summed E-state index contributed by atoms with van der Waals surface area (Å²) in [6, 6.07) is 0. The Hall–Kier alpha value is 1.68. The van der Waals surface area contributed by atoms with Crippen molar-refractivity contribution in [2.75, 3.05) is 0 Å². The fourth-order valence-electron chi connectivity index (χ4n) is 0.421. The van der Waals surface area contributed by atoms with Gasteiger partial charge in [-0.2, -0.15) is 34.8 Å². The molecule has 0 aliphatic carbocycles. The molecule has 1 atom stereocenters. The molecule has 0 bridgehead atoms. The van der Waals surface area contributed by atoms with Crippen molar-refractivity contribution in [2.45, 2.75) is 21.7 Å². The molecule has 0 rings (SSSR count). The summed E-state index contributed by atoms with van der Waals surface area (Å²) < 4.78 is 116. The van der Waals surface area contributed by atoms with E-state index in [1.807, 2.05) is 0 Å². The van der Waals surface area contributed by atoms with Crippen LogP contribution in [0.25, 0.3) is 0 Å². The maximum absolute atomic E-state index is 12.5. The topological polar surface area (TPSA) is 52.6 Å². The standard InChI is InChI=1S/C4HF8IO4S.K.H/c5-1(2(6,7)18(14,15)17-12)16-4(10,11)3(8,9)13;;/h1H;;/q;+1;-1. The van der Waals surface area contributed by atoms with Gasteiger partial charge >= 0.3 is 76.8 Å². The van der Waals surface area contributed by atoms with Crippen LogP contribution in [0, 0.1) is 0 Å². The van der Waals surface area contributed by atoms with Crippen molar-refractivity contribution >= 4 is 32.7 Å². The zero-order chi connectivity index (χ0) is 15.0. The van der Waals surface area contributed by atoms with Gasteiger partial charge in [0.05, 0.1) is 0 Å².